The molecule has 28 heavy (non-hydrogen) atoms. The first kappa shape index (κ1) is 21.8. The average molecular weight is 405 g/mol. The van der Waals surface area contributed by atoms with Gasteiger partial charge < -0.3 is 10.1 Å². The Balaban J connectivity index is 2.04. The summed E-state index contributed by atoms with van der Waals surface area (Å²) in [6.07, 6.45) is 1.47. The maximum absolute atomic E-state index is 12.7. The summed E-state index contributed by atoms with van der Waals surface area (Å²) in [5, 5.41) is 2.78. The molecule has 0 aliphatic rings. The summed E-state index contributed by atoms with van der Waals surface area (Å²) >= 11 is 0. The van der Waals surface area contributed by atoms with E-state index in [1.165, 1.54) is 4.31 Å². The van der Waals surface area contributed by atoms with Crippen LogP contribution in [0.15, 0.2) is 48.5 Å². The van der Waals surface area contributed by atoms with Crippen molar-refractivity contribution in [1.82, 2.24) is 5.32 Å². The number of hydrogen-bond acceptors (Lipinski definition) is 4. The van der Waals surface area contributed by atoms with Gasteiger partial charge in [-0.15, -0.1) is 0 Å². The fourth-order valence-corrected chi connectivity index (χ4v) is 4.12. The number of hydrogen-bond donors (Lipinski definition) is 1. The molecule has 0 radical (unpaired) electrons. The van der Waals surface area contributed by atoms with Crippen molar-refractivity contribution in [1.29, 1.82) is 0 Å². The maximum Gasteiger partial charge on any atom is 0.244 e. The fraction of sp³-hybridized carbons (Fsp3) is 0.381. The molecule has 1 amide bonds. The molecule has 0 saturated carbocycles. The highest BCUT2D eigenvalue weighted by molar-refractivity contribution is 7.92. The number of anilines is 1. The van der Waals surface area contributed by atoms with Crippen molar-refractivity contribution in [2.75, 3.05) is 23.7 Å². The largest absolute Gasteiger partial charge is 0.492 e. The van der Waals surface area contributed by atoms with Crippen LogP contribution in [-0.4, -0.2) is 39.8 Å². The fourth-order valence-electron chi connectivity index (χ4n) is 2.92. The quantitative estimate of drug-likeness (QED) is 0.652. The first-order valence-corrected chi connectivity index (χ1v) is 11.1. The van der Waals surface area contributed by atoms with Crippen LogP contribution in [-0.2, 0) is 14.8 Å². The zero-order valence-electron chi connectivity index (χ0n) is 16.8. The Labute approximate surface area is 167 Å². The first-order valence-electron chi connectivity index (χ1n) is 9.25. The predicted molar refractivity (Wildman–Crippen MR) is 112 cm³/mol. The second-order valence-corrected chi connectivity index (χ2v) is 8.63. The third kappa shape index (κ3) is 5.99. The van der Waals surface area contributed by atoms with E-state index in [2.05, 4.69) is 5.32 Å². The second-order valence-electron chi connectivity index (χ2n) is 6.77. The summed E-state index contributed by atoms with van der Waals surface area (Å²) in [5.41, 5.74) is 2.55. The zero-order valence-corrected chi connectivity index (χ0v) is 17.6. The van der Waals surface area contributed by atoms with Crippen molar-refractivity contribution in [3.8, 4) is 5.75 Å². The molecule has 0 fully saturated rings. The van der Waals surface area contributed by atoms with Crippen LogP contribution < -0.4 is 14.4 Å². The smallest absolute Gasteiger partial charge is 0.244 e. The van der Waals surface area contributed by atoms with Crippen molar-refractivity contribution in [3.63, 3.8) is 0 Å². The molecule has 2 aromatic carbocycles. The van der Waals surface area contributed by atoms with Crippen molar-refractivity contribution in [3.05, 3.63) is 59.7 Å². The van der Waals surface area contributed by atoms with Crippen LogP contribution in [0.1, 0.15) is 24.5 Å². The molecule has 0 spiro atoms. The van der Waals surface area contributed by atoms with Gasteiger partial charge in [0.05, 0.1) is 18.5 Å². The summed E-state index contributed by atoms with van der Waals surface area (Å²) in [6, 6.07) is 13.9. The van der Waals surface area contributed by atoms with E-state index in [9.17, 15) is 13.2 Å². The standard InChI is InChI=1S/C21H28N2O4S/c1-5-20(23(28(4,25)26)18-8-6-7-17(3)15-18)21(24)22-13-14-27-19-11-9-16(2)10-12-19/h6-12,15,20H,5,13-14H2,1-4H3,(H,22,24). The molecule has 1 unspecified atom stereocenters. The van der Waals surface area contributed by atoms with E-state index in [-0.39, 0.29) is 12.5 Å². The lowest BCUT2D eigenvalue weighted by Crippen LogP contribution is -2.50. The lowest BCUT2D eigenvalue weighted by molar-refractivity contribution is -0.122. The maximum atomic E-state index is 12.7. The van der Waals surface area contributed by atoms with E-state index >= 15 is 0 Å². The van der Waals surface area contributed by atoms with Gasteiger partial charge in [-0.05, 0) is 50.1 Å². The summed E-state index contributed by atoms with van der Waals surface area (Å²) in [6.45, 7) is 6.26. The van der Waals surface area contributed by atoms with E-state index in [0.29, 0.717) is 18.7 Å². The summed E-state index contributed by atoms with van der Waals surface area (Å²) < 4.78 is 31.6. The van der Waals surface area contributed by atoms with Gasteiger partial charge in [0.25, 0.3) is 0 Å². The number of carbonyl (C=O) groups is 1. The number of amides is 1. The molecular formula is C21H28N2O4S. The van der Waals surface area contributed by atoms with E-state index < -0.39 is 16.1 Å². The molecule has 2 aromatic rings. The lowest BCUT2D eigenvalue weighted by atomic mass is 10.1. The molecule has 0 aliphatic carbocycles. The number of sulfonamides is 1. The van der Waals surface area contributed by atoms with Crippen molar-refractivity contribution in [2.24, 2.45) is 0 Å². The second kappa shape index (κ2) is 9.59. The Morgan fingerprint density at radius 1 is 1.11 bits per heavy atom. The Morgan fingerprint density at radius 2 is 1.79 bits per heavy atom. The zero-order chi connectivity index (χ0) is 20.7. The predicted octanol–water partition coefficient (Wildman–Crippen LogP) is 3.04. The number of benzene rings is 2. The molecule has 2 rings (SSSR count). The minimum absolute atomic E-state index is 0.286. The normalized spacial score (nSPS) is 12.3. The molecule has 0 aromatic heterocycles. The van der Waals surface area contributed by atoms with Crippen LogP contribution in [0.4, 0.5) is 5.69 Å². The Hall–Kier alpha value is -2.54. The lowest BCUT2D eigenvalue weighted by Gasteiger charge is -2.30. The Morgan fingerprint density at radius 3 is 2.36 bits per heavy atom. The third-order valence-electron chi connectivity index (χ3n) is 4.28. The van der Waals surface area contributed by atoms with Crippen molar-refractivity contribution >= 4 is 21.6 Å². The third-order valence-corrected chi connectivity index (χ3v) is 5.46. The van der Waals surface area contributed by atoms with Gasteiger partial charge in [0.2, 0.25) is 15.9 Å². The average Bonchev–Trinajstić information content (AvgIpc) is 2.63. The molecule has 0 saturated heterocycles. The summed E-state index contributed by atoms with van der Waals surface area (Å²) in [5.74, 6) is 0.381. The van der Waals surface area contributed by atoms with Crippen LogP contribution in [0.3, 0.4) is 0 Å². The summed E-state index contributed by atoms with van der Waals surface area (Å²) in [4.78, 5) is 12.7. The number of rotatable bonds is 9. The summed E-state index contributed by atoms with van der Waals surface area (Å²) in [7, 11) is -3.63. The first-order chi connectivity index (χ1) is 13.2. The van der Waals surface area contributed by atoms with E-state index in [1.54, 1.807) is 25.1 Å². The SMILES string of the molecule is CCC(C(=O)NCCOc1ccc(C)cc1)N(c1cccc(C)c1)S(C)(=O)=O. The molecule has 7 heteroatoms. The molecule has 0 aliphatic heterocycles. The minimum Gasteiger partial charge on any atom is -0.492 e. The Kier molecular flexibility index (Phi) is 7.45. The highest BCUT2D eigenvalue weighted by Crippen LogP contribution is 2.23. The van der Waals surface area contributed by atoms with Gasteiger partial charge >= 0.3 is 0 Å². The van der Waals surface area contributed by atoms with Crippen LogP contribution in [0.25, 0.3) is 0 Å². The highest BCUT2D eigenvalue weighted by Gasteiger charge is 2.31. The van der Waals surface area contributed by atoms with Crippen LogP contribution in [0.5, 0.6) is 5.75 Å². The van der Waals surface area contributed by atoms with E-state index in [4.69, 9.17) is 4.74 Å². The molecule has 1 atom stereocenters. The van der Waals surface area contributed by atoms with Gasteiger partial charge in [-0.3, -0.25) is 9.10 Å². The number of aryl methyl sites for hydroxylation is 2. The van der Waals surface area contributed by atoms with Crippen molar-refractivity contribution in [2.45, 2.75) is 33.2 Å². The van der Waals surface area contributed by atoms with Crippen LogP contribution in [0.2, 0.25) is 0 Å². The molecule has 0 bridgehead atoms. The van der Waals surface area contributed by atoms with Gasteiger partial charge in [-0.2, -0.15) is 0 Å². The monoisotopic (exact) mass is 404 g/mol. The number of ether oxygens (including phenoxy) is 1. The van der Waals surface area contributed by atoms with Crippen LogP contribution in [0, 0.1) is 13.8 Å². The number of nitrogens with one attached hydrogen (secondary N) is 1. The molecule has 0 heterocycles. The molecule has 152 valence electrons. The number of carbonyl (C=O) groups excluding carboxylic acids is 1. The van der Waals surface area contributed by atoms with Crippen LogP contribution >= 0.6 is 0 Å². The number of nitrogens with zero attached hydrogens (tertiary/aromatic N) is 1. The van der Waals surface area contributed by atoms with Gasteiger partial charge in [0.1, 0.15) is 18.4 Å². The topological polar surface area (TPSA) is 75.7 Å². The van der Waals surface area contributed by atoms with Gasteiger partial charge in [-0.1, -0.05) is 36.8 Å². The molecular weight excluding hydrogens is 376 g/mol. The van der Waals surface area contributed by atoms with Gasteiger partial charge in [-0.25, -0.2) is 8.42 Å². The molecule has 1 N–H and O–H groups in total. The molecule has 6 nitrogen and oxygen atoms in total. The van der Waals surface area contributed by atoms with Crippen molar-refractivity contribution < 1.29 is 17.9 Å². The van der Waals surface area contributed by atoms with E-state index in [1.807, 2.05) is 44.2 Å². The van der Waals surface area contributed by atoms with Gasteiger partial charge in [0, 0.05) is 0 Å². The highest BCUT2D eigenvalue weighted by atomic mass is 32.2. The van der Waals surface area contributed by atoms with E-state index in [0.717, 1.165) is 23.1 Å². The van der Waals surface area contributed by atoms with Gasteiger partial charge in [0.15, 0.2) is 0 Å². The minimum atomic E-state index is -3.63. The Bertz CT molecular complexity index is 895.